The van der Waals surface area contributed by atoms with Crippen LogP contribution in [0.1, 0.15) is 46.1 Å². The lowest BCUT2D eigenvalue weighted by molar-refractivity contribution is 0.0616. The molecule has 0 spiro atoms. The second-order valence-corrected chi connectivity index (χ2v) is 7.94. The van der Waals surface area contributed by atoms with E-state index in [-0.39, 0.29) is 11.9 Å². The Morgan fingerprint density at radius 3 is 2.88 bits per heavy atom. The molecule has 4 nitrogen and oxygen atoms in total. The van der Waals surface area contributed by atoms with Crippen LogP contribution in [0, 0.1) is 0 Å². The standard InChI is InChI=1S/C20H20ClN3OS/c21-17-11-22-23(13-17)12-15-10-19(26-14-15)20(25)24-9-5-4-8-18(24)16-6-2-1-3-7-16/h1-3,6-7,10-11,13-14,18H,4-5,8-9,12H2. The third-order valence-electron chi connectivity index (χ3n) is 4.76. The molecule has 1 fully saturated rings. The minimum absolute atomic E-state index is 0.133. The van der Waals surface area contributed by atoms with E-state index >= 15 is 0 Å². The van der Waals surface area contributed by atoms with Gasteiger partial charge < -0.3 is 4.90 Å². The van der Waals surface area contributed by atoms with Crippen LogP contribution in [0.5, 0.6) is 0 Å². The summed E-state index contributed by atoms with van der Waals surface area (Å²) in [6.07, 6.45) is 6.67. The van der Waals surface area contributed by atoms with Crippen molar-refractivity contribution in [1.82, 2.24) is 14.7 Å². The van der Waals surface area contributed by atoms with Crippen LogP contribution in [0.3, 0.4) is 0 Å². The molecule has 1 atom stereocenters. The maximum Gasteiger partial charge on any atom is 0.264 e. The summed E-state index contributed by atoms with van der Waals surface area (Å²) in [6.45, 7) is 1.44. The Kier molecular flexibility index (Phi) is 5.09. The molecule has 0 bridgehead atoms. The maximum absolute atomic E-state index is 13.1. The van der Waals surface area contributed by atoms with Crippen molar-refractivity contribution in [1.29, 1.82) is 0 Å². The summed E-state index contributed by atoms with van der Waals surface area (Å²) in [5.41, 5.74) is 2.30. The zero-order chi connectivity index (χ0) is 17.9. The molecule has 1 amide bonds. The van der Waals surface area contributed by atoms with Gasteiger partial charge in [0.25, 0.3) is 5.91 Å². The molecule has 0 N–H and O–H groups in total. The number of carbonyl (C=O) groups is 1. The van der Waals surface area contributed by atoms with Crippen LogP contribution < -0.4 is 0 Å². The number of hydrogen-bond donors (Lipinski definition) is 0. The Hall–Kier alpha value is -2.11. The van der Waals surface area contributed by atoms with Gasteiger partial charge in [0, 0.05) is 12.7 Å². The zero-order valence-corrected chi connectivity index (χ0v) is 15.9. The van der Waals surface area contributed by atoms with E-state index in [1.54, 1.807) is 17.1 Å². The number of likely N-dealkylation sites (tertiary alicyclic amines) is 1. The van der Waals surface area contributed by atoms with E-state index in [0.29, 0.717) is 11.6 Å². The van der Waals surface area contributed by atoms with Gasteiger partial charge in [-0.3, -0.25) is 9.48 Å². The highest BCUT2D eigenvalue weighted by molar-refractivity contribution is 7.12. The van der Waals surface area contributed by atoms with Gasteiger partial charge in [-0.15, -0.1) is 11.3 Å². The fourth-order valence-electron chi connectivity index (χ4n) is 3.52. The van der Waals surface area contributed by atoms with Crippen molar-refractivity contribution in [2.75, 3.05) is 6.54 Å². The lowest BCUT2D eigenvalue weighted by atomic mass is 9.95. The molecule has 1 aliphatic heterocycles. The van der Waals surface area contributed by atoms with Crippen molar-refractivity contribution in [2.45, 2.75) is 31.8 Å². The van der Waals surface area contributed by atoms with E-state index in [1.807, 2.05) is 34.5 Å². The third kappa shape index (κ3) is 3.69. The van der Waals surface area contributed by atoms with Gasteiger partial charge in [-0.1, -0.05) is 41.9 Å². The zero-order valence-electron chi connectivity index (χ0n) is 14.3. The van der Waals surface area contributed by atoms with Crippen molar-refractivity contribution in [3.63, 3.8) is 0 Å². The van der Waals surface area contributed by atoms with Crippen LogP contribution in [0.2, 0.25) is 5.02 Å². The Morgan fingerprint density at radius 1 is 1.27 bits per heavy atom. The van der Waals surface area contributed by atoms with Gasteiger partial charge in [-0.05, 0) is 41.8 Å². The number of thiophene rings is 1. The molecule has 26 heavy (non-hydrogen) atoms. The number of rotatable bonds is 4. The van der Waals surface area contributed by atoms with Crippen molar-refractivity contribution < 1.29 is 4.79 Å². The van der Waals surface area contributed by atoms with Gasteiger partial charge in [0.2, 0.25) is 0 Å². The molecule has 3 aromatic rings. The SMILES string of the molecule is O=C(c1cc(Cn2cc(Cl)cn2)cs1)N1CCCCC1c1ccccc1. The minimum atomic E-state index is 0.133. The molecular formula is C20H20ClN3OS. The van der Waals surface area contributed by atoms with Crippen LogP contribution >= 0.6 is 22.9 Å². The number of piperidine rings is 1. The number of benzene rings is 1. The van der Waals surface area contributed by atoms with Crippen molar-refractivity contribution in [3.05, 3.63) is 75.2 Å². The molecule has 2 aromatic heterocycles. The molecule has 0 radical (unpaired) electrons. The van der Waals surface area contributed by atoms with Crippen LogP contribution in [0.4, 0.5) is 0 Å². The van der Waals surface area contributed by atoms with Gasteiger partial charge >= 0.3 is 0 Å². The fourth-order valence-corrected chi connectivity index (χ4v) is 4.54. The largest absolute Gasteiger partial charge is 0.331 e. The second-order valence-electron chi connectivity index (χ2n) is 6.60. The van der Waals surface area contributed by atoms with E-state index in [2.05, 4.69) is 17.2 Å². The Labute approximate surface area is 162 Å². The fraction of sp³-hybridized carbons (Fsp3) is 0.300. The normalized spacial score (nSPS) is 17.4. The summed E-state index contributed by atoms with van der Waals surface area (Å²) in [4.78, 5) is 16.0. The van der Waals surface area contributed by atoms with Crippen LogP contribution in [-0.2, 0) is 6.54 Å². The van der Waals surface area contributed by atoms with Gasteiger partial charge in [-0.25, -0.2) is 0 Å². The molecule has 4 rings (SSSR count). The number of hydrogen-bond acceptors (Lipinski definition) is 3. The quantitative estimate of drug-likeness (QED) is 0.632. The highest BCUT2D eigenvalue weighted by Crippen LogP contribution is 2.33. The lowest BCUT2D eigenvalue weighted by Gasteiger charge is -2.36. The predicted molar refractivity (Wildman–Crippen MR) is 105 cm³/mol. The van der Waals surface area contributed by atoms with Gasteiger partial charge in [0.05, 0.1) is 28.7 Å². The molecule has 1 aliphatic rings. The van der Waals surface area contributed by atoms with Crippen LogP contribution in [0.15, 0.2) is 54.2 Å². The molecule has 0 aliphatic carbocycles. The van der Waals surface area contributed by atoms with Crippen molar-refractivity contribution in [2.24, 2.45) is 0 Å². The van der Waals surface area contributed by atoms with E-state index in [4.69, 9.17) is 11.6 Å². The Bertz CT molecular complexity index is 889. The lowest BCUT2D eigenvalue weighted by Crippen LogP contribution is -2.38. The summed E-state index contributed by atoms with van der Waals surface area (Å²) < 4.78 is 1.78. The van der Waals surface area contributed by atoms with E-state index < -0.39 is 0 Å². The van der Waals surface area contributed by atoms with Gasteiger partial charge in [0.15, 0.2) is 0 Å². The first-order chi connectivity index (χ1) is 12.7. The average Bonchev–Trinajstić information content (AvgIpc) is 3.31. The third-order valence-corrected chi connectivity index (χ3v) is 5.92. The van der Waals surface area contributed by atoms with Crippen LogP contribution in [-0.4, -0.2) is 27.1 Å². The number of nitrogens with zero attached hydrogens (tertiary/aromatic N) is 3. The molecule has 1 unspecified atom stereocenters. The van der Waals surface area contributed by atoms with Gasteiger partial charge in [-0.2, -0.15) is 5.10 Å². The minimum Gasteiger partial charge on any atom is -0.331 e. The first-order valence-electron chi connectivity index (χ1n) is 8.82. The molecule has 1 saturated heterocycles. The average molecular weight is 386 g/mol. The van der Waals surface area contributed by atoms with E-state index in [9.17, 15) is 4.79 Å². The monoisotopic (exact) mass is 385 g/mol. The molecule has 134 valence electrons. The highest BCUT2D eigenvalue weighted by atomic mass is 35.5. The van der Waals surface area contributed by atoms with Crippen LogP contribution in [0.25, 0.3) is 0 Å². The molecule has 0 saturated carbocycles. The molecular weight excluding hydrogens is 366 g/mol. The van der Waals surface area contributed by atoms with Gasteiger partial charge in [0.1, 0.15) is 0 Å². The highest BCUT2D eigenvalue weighted by Gasteiger charge is 2.29. The topological polar surface area (TPSA) is 38.1 Å². The number of amides is 1. The maximum atomic E-state index is 13.1. The summed E-state index contributed by atoms with van der Waals surface area (Å²) in [5, 5.41) is 6.85. The first kappa shape index (κ1) is 17.3. The number of halogens is 1. The van der Waals surface area contributed by atoms with E-state index in [0.717, 1.165) is 29.8 Å². The summed E-state index contributed by atoms with van der Waals surface area (Å²) >= 11 is 7.43. The Balaban J connectivity index is 1.52. The molecule has 6 heteroatoms. The predicted octanol–water partition coefficient (Wildman–Crippen LogP) is 5.01. The summed E-state index contributed by atoms with van der Waals surface area (Å²) in [6, 6.07) is 12.5. The van der Waals surface area contributed by atoms with Crippen molar-refractivity contribution >= 4 is 28.8 Å². The number of aromatic nitrogens is 2. The van der Waals surface area contributed by atoms with E-state index in [1.165, 1.54) is 23.3 Å². The smallest absolute Gasteiger partial charge is 0.264 e. The second kappa shape index (κ2) is 7.64. The number of carbonyl (C=O) groups excluding carboxylic acids is 1. The Morgan fingerprint density at radius 2 is 2.12 bits per heavy atom. The first-order valence-corrected chi connectivity index (χ1v) is 10.1. The van der Waals surface area contributed by atoms with Crippen molar-refractivity contribution in [3.8, 4) is 0 Å². The molecule has 3 heterocycles. The molecule has 1 aromatic carbocycles. The summed E-state index contributed by atoms with van der Waals surface area (Å²) in [7, 11) is 0. The summed E-state index contributed by atoms with van der Waals surface area (Å²) in [5.74, 6) is 0.133.